The van der Waals surface area contributed by atoms with Crippen LogP contribution in [-0.2, 0) is 0 Å². The number of pyridine rings is 1. The van der Waals surface area contributed by atoms with Crippen molar-refractivity contribution in [3.63, 3.8) is 0 Å². The van der Waals surface area contributed by atoms with Gasteiger partial charge in [-0.2, -0.15) is 0 Å². The van der Waals surface area contributed by atoms with Gasteiger partial charge in [0.2, 0.25) is 0 Å². The Hall–Kier alpha value is -0.280. The van der Waals surface area contributed by atoms with Crippen LogP contribution >= 0.6 is 27.5 Å². The van der Waals surface area contributed by atoms with Crippen molar-refractivity contribution >= 4 is 33.3 Å². The number of piperidine rings is 1. The first kappa shape index (κ1) is 11.2. The smallest absolute Gasteiger partial charge is 0.142 e. The number of anilines is 1. The second-order valence-electron chi connectivity index (χ2n) is 4.00. The highest BCUT2D eigenvalue weighted by molar-refractivity contribution is 9.10. The maximum absolute atomic E-state index is 6.16. The third kappa shape index (κ3) is 2.64. The molecule has 1 unspecified atom stereocenters. The topological polar surface area (TPSA) is 16.1 Å². The van der Waals surface area contributed by atoms with Crippen molar-refractivity contribution in [3.8, 4) is 0 Å². The van der Waals surface area contributed by atoms with E-state index in [2.05, 4.69) is 31.9 Å². The molecule has 1 aromatic heterocycles. The Bertz CT molecular complexity index is 356. The average molecular weight is 290 g/mol. The zero-order valence-corrected chi connectivity index (χ0v) is 11.1. The molecule has 1 saturated heterocycles. The van der Waals surface area contributed by atoms with E-state index in [0.29, 0.717) is 0 Å². The van der Waals surface area contributed by atoms with Gasteiger partial charge in [0.15, 0.2) is 0 Å². The quantitative estimate of drug-likeness (QED) is 0.737. The van der Waals surface area contributed by atoms with E-state index in [0.717, 1.165) is 36.2 Å². The first-order chi connectivity index (χ1) is 7.16. The maximum atomic E-state index is 6.16. The lowest BCUT2D eigenvalue weighted by Crippen LogP contribution is -2.36. The van der Waals surface area contributed by atoms with Gasteiger partial charge in [0, 0.05) is 19.3 Å². The molecule has 1 fully saturated rings. The summed E-state index contributed by atoms with van der Waals surface area (Å²) in [6, 6.07) is 2.10. The van der Waals surface area contributed by atoms with E-state index < -0.39 is 0 Å². The first-order valence-corrected chi connectivity index (χ1v) is 6.41. The van der Waals surface area contributed by atoms with Crippen LogP contribution in [0.3, 0.4) is 0 Å². The summed E-state index contributed by atoms with van der Waals surface area (Å²) in [5, 5.41) is 0.258. The summed E-state index contributed by atoms with van der Waals surface area (Å²) in [7, 11) is 0. The van der Waals surface area contributed by atoms with E-state index in [1.807, 2.05) is 13.1 Å². The predicted molar refractivity (Wildman–Crippen MR) is 67.8 cm³/mol. The van der Waals surface area contributed by atoms with E-state index in [-0.39, 0.29) is 5.38 Å². The number of halogens is 2. The summed E-state index contributed by atoms with van der Waals surface area (Å²) in [6.07, 6.45) is 4.16. The van der Waals surface area contributed by atoms with Crippen LogP contribution in [0.1, 0.15) is 18.4 Å². The van der Waals surface area contributed by atoms with Crippen molar-refractivity contribution in [1.29, 1.82) is 0 Å². The molecule has 2 heterocycles. The number of rotatable bonds is 1. The number of alkyl halides is 1. The Kier molecular flexibility index (Phi) is 3.52. The Balaban J connectivity index is 2.21. The van der Waals surface area contributed by atoms with Crippen molar-refractivity contribution in [2.24, 2.45) is 0 Å². The highest BCUT2D eigenvalue weighted by atomic mass is 79.9. The molecule has 0 radical (unpaired) electrons. The van der Waals surface area contributed by atoms with E-state index in [1.165, 1.54) is 5.56 Å². The lowest BCUT2D eigenvalue weighted by molar-refractivity contribution is 0.579. The van der Waals surface area contributed by atoms with Gasteiger partial charge >= 0.3 is 0 Å². The summed E-state index contributed by atoms with van der Waals surface area (Å²) < 4.78 is 1.06. The molecule has 0 aliphatic carbocycles. The Morgan fingerprint density at radius 3 is 3.07 bits per heavy atom. The predicted octanol–water partition coefficient (Wildman–Crippen LogP) is 3.36. The number of hydrogen-bond donors (Lipinski definition) is 0. The summed E-state index contributed by atoms with van der Waals surface area (Å²) in [5.74, 6) is 1.02. The number of aryl methyl sites for hydroxylation is 1. The fourth-order valence-electron chi connectivity index (χ4n) is 1.88. The molecule has 1 aliphatic rings. The molecule has 1 atom stereocenters. The average Bonchev–Trinajstić information content (AvgIpc) is 2.17. The molecule has 15 heavy (non-hydrogen) atoms. The van der Waals surface area contributed by atoms with Gasteiger partial charge in [0.1, 0.15) is 5.82 Å². The van der Waals surface area contributed by atoms with Crippen LogP contribution in [0.5, 0.6) is 0 Å². The van der Waals surface area contributed by atoms with E-state index >= 15 is 0 Å². The van der Waals surface area contributed by atoms with Gasteiger partial charge in [-0.25, -0.2) is 4.98 Å². The molecule has 0 spiro atoms. The van der Waals surface area contributed by atoms with Crippen molar-refractivity contribution in [2.75, 3.05) is 18.0 Å². The van der Waals surface area contributed by atoms with Crippen molar-refractivity contribution in [3.05, 3.63) is 22.3 Å². The van der Waals surface area contributed by atoms with Gasteiger partial charge in [-0.05, 0) is 47.3 Å². The number of hydrogen-bond acceptors (Lipinski definition) is 2. The molecular formula is C11H14BrClN2. The second kappa shape index (κ2) is 4.71. The highest BCUT2D eigenvalue weighted by Gasteiger charge is 2.20. The zero-order chi connectivity index (χ0) is 10.8. The lowest BCUT2D eigenvalue weighted by atomic mass is 10.1. The summed E-state index contributed by atoms with van der Waals surface area (Å²) >= 11 is 9.72. The van der Waals surface area contributed by atoms with E-state index in [4.69, 9.17) is 11.6 Å². The molecule has 0 N–H and O–H groups in total. The van der Waals surface area contributed by atoms with Crippen molar-refractivity contribution in [2.45, 2.75) is 25.1 Å². The van der Waals surface area contributed by atoms with Gasteiger partial charge in [-0.1, -0.05) is 0 Å². The molecule has 4 heteroatoms. The van der Waals surface area contributed by atoms with Gasteiger partial charge in [0.25, 0.3) is 0 Å². The van der Waals surface area contributed by atoms with Crippen molar-refractivity contribution in [1.82, 2.24) is 4.98 Å². The number of aromatic nitrogens is 1. The molecule has 0 bridgehead atoms. The third-order valence-electron chi connectivity index (χ3n) is 2.62. The fraction of sp³-hybridized carbons (Fsp3) is 0.545. The van der Waals surface area contributed by atoms with E-state index in [9.17, 15) is 0 Å². The van der Waals surface area contributed by atoms with Crippen LogP contribution in [0, 0.1) is 6.92 Å². The van der Waals surface area contributed by atoms with Crippen LogP contribution < -0.4 is 4.90 Å². The fourth-order valence-corrected chi connectivity index (χ4v) is 2.91. The largest absolute Gasteiger partial charge is 0.354 e. The van der Waals surface area contributed by atoms with Crippen LogP contribution in [-0.4, -0.2) is 23.5 Å². The van der Waals surface area contributed by atoms with Gasteiger partial charge in [-0.3, -0.25) is 0 Å². The van der Waals surface area contributed by atoms with Crippen molar-refractivity contribution < 1.29 is 0 Å². The highest BCUT2D eigenvalue weighted by Crippen LogP contribution is 2.28. The van der Waals surface area contributed by atoms with E-state index in [1.54, 1.807) is 0 Å². The molecule has 0 aromatic carbocycles. The molecule has 2 nitrogen and oxygen atoms in total. The molecular weight excluding hydrogens is 275 g/mol. The normalized spacial score (nSPS) is 21.8. The lowest BCUT2D eigenvalue weighted by Gasteiger charge is -2.31. The Labute approximate surface area is 104 Å². The molecule has 1 aliphatic heterocycles. The maximum Gasteiger partial charge on any atom is 0.142 e. The standard InChI is InChI=1S/C11H14BrClN2/c1-8-5-10(12)11(14-6-8)15-4-2-3-9(13)7-15/h5-6,9H,2-4,7H2,1H3. The summed E-state index contributed by atoms with van der Waals surface area (Å²) in [5.41, 5.74) is 1.17. The SMILES string of the molecule is Cc1cnc(N2CCCC(Cl)C2)c(Br)c1. The van der Waals surface area contributed by atoms with Gasteiger partial charge in [-0.15, -0.1) is 11.6 Å². The third-order valence-corrected chi connectivity index (χ3v) is 3.56. The Morgan fingerprint density at radius 2 is 2.40 bits per heavy atom. The molecule has 2 rings (SSSR count). The zero-order valence-electron chi connectivity index (χ0n) is 8.71. The summed E-state index contributed by atoms with van der Waals surface area (Å²) in [6.45, 7) is 4.00. The molecule has 0 saturated carbocycles. The number of nitrogens with zero attached hydrogens (tertiary/aromatic N) is 2. The van der Waals surface area contributed by atoms with Crippen LogP contribution in [0.2, 0.25) is 0 Å². The van der Waals surface area contributed by atoms with Crippen LogP contribution in [0.25, 0.3) is 0 Å². The summed E-state index contributed by atoms with van der Waals surface area (Å²) in [4.78, 5) is 6.71. The molecule has 1 aromatic rings. The minimum Gasteiger partial charge on any atom is -0.354 e. The van der Waals surface area contributed by atoms with Crippen LogP contribution in [0.15, 0.2) is 16.7 Å². The van der Waals surface area contributed by atoms with Gasteiger partial charge in [0.05, 0.1) is 9.85 Å². The van der Waals surface area contributed by atoms with Gasteiger partial charge < -0.3 is 4.90 Å². The molecule has 82 valence electrons. The minimum atomic E-state index is 0.258. The monoisotopic (exact) mass is 288 g/mol. The first-order valence-electron chi connectivity index (χ1n) is 5.18. The second-order valence-corrected chi connectivity index (χ2v) is 5.48. The van der Waals surface area contributed by atoms with Crippen LogP contribution in [0.4, 0.5) is 5.82 Å². The Morgan fingerprint density at radius 1 is 1.60 bits per heavy atom. The minimum absolute atomic E-state index is 0.258. The molecule has 0 amide bonds.